The molecule has 1 rings (SSSR count). The van der Waals surface area contributed by atoms with E-state index in [1.165, 1.54) is 0 Å². The molecule has 0 radical (unpaired) electrons. The van der Waals surface area contributed by atoms with Gasteiger partial charge in [-0.15, -0.1) is 0 Å². The lowest BCUT2D eigenvalue weighted by molar-refractivity contribution is 0.228. The maximum Gasteiger partial charge on any atom is 0.240 e. The fourth-order valence-electron chi connectivity index (χ4n) is 1.97. The second-order valence-electron chi connectivity index (χ2n) is 6.60. The van der Waals surface area contributed by atoms with Crippen LogP contribution in [0.3, 0.4) is 0 Å². The van der Waals surface area contributed by atoms with E-state index in [2.05, 4.69) is 25.5 Å². The molecule has 2 N–H and O–H groups in total. The van der Waals surface area contributed by atoms with Crippen LogP contribution in [0.2, 0.25) is 0 Å². The van der Waals surface area contributed by atoms with Gasteiger partial charge in [-0.3, -0.25) is 0 Å². The fourth-order valence-corrected chi connectivity index (χ4v) is 3.04. The molecule has 1 aromatic carbocycles. The summed E-state index contributed by atoms with van der Waals surface area (Å²) in [4.78, 5) is 0.297. The predicted octanol–water partition coefficient (Wildman–Crippen LogP) is 2.67. The predicted molar refractivity (Wildman–Crippen MR) is 85.8 cm³/mol. The summed E-state index contributed by atoms with van der Waals surface area (Å²) in [6.07, 6.45) is 1.53. The molecule has 1 aromatic rings. The Hall–Kier alpha value is -0.910. The van der Waals surface area contributed by atoms with E-state index in [4.69, 9.17) is 5.11 Å². The highest BCUT2D eigenvalue weighted by molar-refractivity contribution is 7.89. The molecule has 0 aliphatic rings. The Morgan fingerprint density at radius 3 is 2.24 bits per heavy atom. The third-order valence-electron chi connectivity index (χ3n) is 3.51. The van der Waals surface area contributed by atoms with Crippen LogP contribution in [-0.2, 0) is 15.4 Å². The first kappa shape index (κ1) is 18.1. The van der Waals surface area contributed by atoms with Crippen LogP contribution in [-0.4, -0.2) is 26.7 Å². The number of sulfonamides is 1. The quantitative estimate of drug-likeness (QED) is 0.761. The molecule has 0 aliphatic heterocycles. The minimum absolute atomic E-state index is 0.0101. The molecular formula is C16H27NO3S. The molecule has 21 heavy (non-hydrogen) atoms. The summed E-state index contributed by atoms with van der Waals surface area (Å²) >= 11 is 0. The molecule has 1 atom stereocenters. The second kappa shape index (κ2) is 7.38. The molecule has 0 saturated heterocycles. The molecule has 120 valence electrons. The first-order valence-electron chi connectivity index (χ1n) is 7.38. The Morgan fingerprint density at radius 1 is 1.19 bits per heavy atom. The standard InChI is InChI=1S/C16H27NO3S/c1-13(12-18)6-5-11-17-21(19,20)15-9-7-14(8-10-15)16(2,3)4/h7-10,13,17-18H,5-6,11-12H2,1-4H3. The zero-order chi connectivity index (χ0) is 16.1. The van der Waals surface area contributed by atoms with Gasteiger partial charge in [0.2, 0.25) is 10.0 Å². The van der Waals surface area contributed by atoms with E-state index in [0.717, 1.165) is 18.4 Å². The van der Waals surface area contributed by atoms with E-state index in [-0.39, 0.29) is 17.9 Å². The van der Waals surface area contributed by atoms with E-state index in [1.54, 1.807) is 12.1 Å². The molecule has 4 nitrogen and oxygen atoms in total. The first-order chi connectivity index (χ1) is 9.66. The molecule has 1 unspecified atom stereocenters. The Labute approximate surface area is 128 Å². The molecule has 0 heterocycles. The van der Waals surface area contributed by atoms with Crippen molar-refractivity contribution in [3.8, 4) is 0 Å². The Bertz CT molecular complexity index is 530. The lowest BCUT2D eigenvalue weighted by Crippen LogP contribution is -2.25. The van der Waals surface area contributed by atoms with Gasteiger partial charge in [-0.05, 0) is 41.9 Å². The molecule has 5 heteroatoms. The molecule has 0 aromatic heterocycles. The molecular weight excluding hydrogens is 286 g/mol. The summed E-state index contributed by atoms with van der Waals surface area (Å²) < 4.78 is 26.9. The summed E-state index contributed by atoms with van der Waals surface area (Å²) in [6, 6.07) is 7.03. The second-order valence-corrected chi connectivity index (χ2v) is 8.37. The van der Waals surface area contributed by atoms with Gasteiger partial charge in [0, 0.05) is 13.2 Å². The average Bonchev–Trinajstić information content (AvgIpc) is 2.42. The number of aliphatic hydroxyl groups is 1. The first-order valence-corrected chi connectivity index (χ1v) is 8.86. The zero-order valence-corrected chi connectivity index (χ0v) is 14.2. The normalized spacial score (nSPS) is 14.1. The van der Waals surface area contributed by atoms with Crippen molar-refractivity contribution in [3.05, 3.63) is 29.8 Å². The summed E-state index contributed by atoms with van der Waals surface area (Å²) in [5.74, 6) is 0.209. The highest BCUT2D eigenvalue weighted by Crippen LogP contribution is 2.23. The van der Waals surface area contributed by atoms with Gasteiger partial charge in [-0.1, -0.05) is 39.8 Å². The lowest BCUT2D eigenvalue weighted by Gasteiger charge is -2.19. The summed E-state index contributed by atoms with van der Waals surface area (Å²) in [6.45, 7) is 8.76. The van der Waals surface area contributed by atoms with Crippen LogP contribution >= 0.6 is 0 Å². The van der Waals surface area contributed by atoms with Gasteiger partial charge in [-0.2, -0.15) is 0 Å². The number of rotatable bonds is 7. The highest BCUT2D eigenvalue weighted by Gasteiger charge is 2.17. The van der Waals surface area contributed by atoms with Crippen LogP contribution in [0.1, 0.15) is 46.1 Å². The van der Waals surface area contributed by atoms with Crippen molar-refractivity contribution in [2.24, 2.45) is 5.92 Å². The average molecular weight is 313 g/mol. The van der Waals surface area contributed by atoms with Crippen LogP contribution in [0.25, 0.3) is 0 Å². The maximum atomic E-state index is 12.1. The van der Waals surface area contributed by atoms with Gasteiger partial charge < -0.3 is 5.11 Å². The largest absolute Gasteiger partial charge is 0.396 e. The molecule has 0 saturated carbocycles. The van der Waals surface area contributed by atoms with Crippen molar-refractivity contribution in [3.63, 3.8) is 0 Å². The van der Waals surface area contributed by atoms with Crippen LogP contribution in [0.15, 0.2) is 29.2 Å². The summed E-state index contributed by atoms with van der Waals surface area (Å²) in [5.41, 5.74) is 1.12. The molecule has 0 spiro atoms. The van der Waals surface area contributed by atoms with Crippen molar-refractivity contribution in [1.29, 1.82) is 0 Å². The monoisotopic (exact) mass is 313 g/mol. The zero-order valence-electron chi connectivity index (χ0n) is 13.4. The third kappa shape index (κ3) is 5.77. The number of aliphatic hydroxyl groups excluding tert-OH is 1. The van der Waals surface area contributed by atoms with Gasteiger partial charge in [0.25, 0.3) is 0 Å². The van der Waals surface area contributed by atoms with E-state index in [0.29, 0.717) is 11.4 Å². The van der Waals surface area contributed by atoms with Crippen molar-refractivity contribution in [2.75, 3.05) is 13.2 Å². The molecule has 0 amide bonds. The number of benzene rings is 1. The Morgan fingerprint density at radius 2 is 1.76 bits per heavy atom. The van der Waals surface area contributed by atoms with E-state index < -0.39 is 10.0 Å². The van der Waals surface area contributed by atoms with Gasteiger partial charge in [0.05, 0.1) is 4.90 Å². The van der Waals surface area contributed by atoms with Crippen LogP contribution < -0.4 is 4.72 Å². The topological polar surface area (TPSA) is 66.4 Å². The minimum Gasteiger partial charge on any atom is -0.396 e. The SMILES string of the molecule is CC(CO)CCCNS(=O)(=O)c1ccc(C(C)(C)C)cc1. The summed E-state index contributed by atoms with van der Waals surface area (Å²) in [7, 11) is -3.44. The molecule has 0 fully saturated rings. The highest BCUT2D eigenvalue weighted by atomic mass is 32.2. The van der Waals surface area contributed by atoms with Crippen molar-refractivity contribution < 1.29 is 13.5 Å². The maximum absolute atomic E-state index is 12.1. The van der Waals surface area contributed by atoms with E-state index in [1.807, 2.05) is 19.1 Å². The molecule has 0 bridgehead atoms. The third-order valence-corrected chi connectivity index (χ3v) is 4.99. The van der Waals surface area contributed by atoms with Gasteiger partial charge >= 0.3 is 0 Å². The number of nitrogens with one attached hydrogen (secondary N) is 1. The lowest BCUT2D eigenvalue weighted by atomic mass is 9.87. The molecule has 0 aliphatic carbocycles. The smallest absolute Gasteiger partial charge is 0.240 e. The van der Waals surface area contributed by atoms with Crippen molar-refractivity contribution in [2.45, 2.75) is 50.8 Å². The Kier molecular flexibility index (Phi) is 6.38. The van der Waals surface area contributed by atoms with Crippen LogP contribution in [0.4, 0.5) is 0 Å². The van der Waals surface area contributed by atoms with Gasteiger partial charge in [0.1, 0.15) is 0 Å². The number of hydrogen-bond acceptors (Lipinski definition) is 3. The fraction of sp³-hybridized carbons (Fsp3) is 0.625. The van der Waals surface area contributed by atoms with E-state index >= 15 is 0 Å². The van der Waals surface area contributed by atoms with Crippen LogP contribution in [0.5, 0.6) is 0 Å². The van der Waals surface area contributed by atoms with Gasteiger partial charge in [-0.25, -0.2) is 13.1 Å². The van der Waals surface area contributed by atoms with Crippen molar-refractivity contribution >= 4 is 10.0 Å². The summed E-state index contributed by atoms with van der Waals surface area (Å²) in [5, 5.41) is 8.92. The van der Waals surface area contributed by atoms with E-state index in [9.17, 15) is 8.42 Å². The number of hydrogen-bond donors (Lipinski definition) is 2. The van der Waals surface area contributed by atoms with Crippen LogP contribution in [0, 0.1) is 5.92 Å². The van der Waals surface area contributed by atoms with Crippen molar-refractivity contribution in [1.82, 2.24) is 4.72 Å². The minimum atomic E-state index is -3.44. The van der Waals surface area contributed by atoms with Gasteiger partial charge in [0.15, 0.2) is 0 Å². The Balaban J connectivity index is 2.62.